The highest BCUT2D eigenvalue weighted by Gasteiger charge is 2.21. The predicted octanol–water partition coefficient (Wildman–Crippen LogP) is 2.30. The van der Waals surface area contributed by atoms with Crippen LogP contribution in [0, 0.1) is 0 Å². The normalized spacial score (nSPS) is 14.7. The fourth-order valence-electron chi connectivity index (χ4n) is 1.87. The Balaban J connectivity index is 2.24. The number of hydrogen-bond acceptors (Lipinski definition) is 3. The van der Waals surface area contributed by atoms with Gasteiger partial charge in [-0.15, -0.1) is 13.2 Å². The van der Waals surface area contributed by atoms with Crippen LogP contribution < -0.4 is 0 Å². The van der Waals surface area contributed by atoms with Gasteiger partial charge in [0.2, 0.25) is 0 Å². The summed E-state index contributed by atoms with van der Waals surface area (Å²) in [5.41, 5.74) is 1.14. The molecule has 0 aromatic heterocycles. The number of rotatable bonds is 5. The first-order valence-electron chi connectivity index (χ1n) is 5.71. The van der Waals surface area contributed by atoms with E-state index in [-0.39, 0.29) is 0 Å². The highest BCUT2D eigenvalue weighted by molar-refractivity contribution is 5.99. The fourth-order valence-corrected chi connectivity index (χ4v) is 1.87. The molecule has 1 heterocycles. The van der Waals surface area contributed by atoms with Gasteiger partial charge < -0.3 is 4.90 Å². The minimum atomic E-state index is 0.768. The van der Waals surface area contributed by atoms with E-state index in [4.69, 9.17) is 0 Å². The molecule has 3 heteroatoms. The molecule has 0 aliphatic carbocycles. The van der Waals surface area contributed by atoms with Crippen molar-refractivity contribution in [1.82, 2.24) is 9.91 Å². The maximum Gasteiger partial charge on any atom is 0.157 e. The van der Waals surface area contributed by atoms with E-state index in [2.05, 4.69) is 35.3 Å². The van der Waals surface area contributed by atoms with Gasteiger partial charge in [-0.1, -0.05) is 42.5 Å². The maximum atomic E-state index is 4.60. The summed E-state index contributed by atoms with van der Waals surface area (Å²) in [5.74, 6) is 1.01. The predicted molar refractivity (Wildman–Crippen MR) is 71.7 cm³/mol. The van der Waals surface area contributed by atoms with Crippen molar-refractivity contribution in [2.24, 2.45) is 5.10 Å². The minimum Gasteiger partial charge on any atom is -0.332 e. The van der Waals surface area contributed by atoms with E-state index in [9.17, 15) is 0 Å². The third-order valence-electron chi connectivity index (χ3n) is 2.59. The summed E-state index contributed by atoms with van der Waals surface area (Å²) in [7, 11) is 0. The number of benzene rings is 1. The Kier molecular flexibility index (Phi) is 3.60. The summed E-state index contributed by atoms with van der Waals surface area (Å²) >= 11 is 0. The molecule has 0 amide bonds. The van der Waals surface area contributed by atoms with Gasteiger partial charge in [0.05, 0.1) is 6.54 Å². The Bertz CT molecular complexity index is 422. The molecular formula is C14H17N3. The van der Waals surface area contributed by atoms with Crippen molar-refractivity contribution in [2.45, 2.75) is 0 Å². The summed E-state index contributed by atoms with van der Waals surface area (Å²) in [6.45, 7) is 9.90. The highest BCUT2D eigenvalue weighted by atomic mass is 15.6. The third kappa shape index (κ3) is 2.56. The molecule has 0 N–H and O–H groups in total. The summed E-state index contributed by atoms with van der Waals surface area (Å²) < 4.78 is 0. The van der Waals surface area contributed by atoms with Crippen molar-refractivity contribution in [1.29, 1.82) is 0 Å². The van der Waals surface area contributed by atoms with Gasteiger partial charge >= 0.3 is 0 Å². The molecule has 2 rings (SSSR count). The Morgan fingerprint density at radius 1 is 1.12 bits per heavy atom. The standard InChI is InChI=1S/C14H17N3/c1-3-10-16-12-17(11-4-2)15-14(16)13-8-6-5-7-9-13/h3-9H,1-2,10-12H2. The average Bonchev–Trinajstić information content (AvgIpc) is 2.74. The van der Waals surface area contributed by atoms with Gasteiger partial charge in [0.1, 0.15) is 6.67 Å². The average molecular weight is 227 g/mol. The van der Waals surface area contributed by atoms with Crippen LogP contribution in [-0.4, -0.2) is 35.5 Å². The quantitative estimate of drug-likeness (QED) is 0.719. The first-order chi connectivity index (χ1) is 8.35. The molecule has 0 saturated heterocycles. The monoisotopic (exact) mass is 227 g/mol. The molecule has 0 bridgehead atoms. The molecule has 0 atom stereocenters. The molecule has 0 spiro atoms. The molecule has 1 aliphatic rings. The topological polar surface area (TPSA) is 18.8 Å². The van der Waals surface area contributed by atoms with E-state index in [1.54, 1.807) is 0 Å². The van der Waals surface area contributed by atoms with E-state index in [0.29, 0.717) is 0 Å². The van der Waals surface area contributed by atoms with Gasteiger partial charge in [-0.3, -0.25) is 5.01 Å². The SMILES string of the molecule is C=CCN1CN(CC=C)C(c2ccccc2)=N1. The summed E-state index contributed by atoms with van der Waals surface area (Å²) in [6.07, 6.45) is 3.76. The lowest BCUT2D eigenvalue weighted by Crippen LogP contribution is -2.31. The number of nitrogens with zero attached hydrogens (tertiary/aromatic N) is 3. The molecule has 3 nitrogen and oxygen atoms in total. The molecule has 0 unspecified atom stereocenters. The second-order valence-corrected chi connectivity index (χ2v) is 3.92. The van der Waals surface area contributed by atoms with E-state index in [1.165, 1.54) is 0 Å². The lowest BCUT2D eigenvalue weighted by atomic mass is 10.2. The molecule has 0 fully saturated rings. The fraction of sp³-hybridized carbons (Fsp3) is 0.214. The van der Waals surface area contributed by atoms with Crippen molar-refractivity contribution in [3.05, 3.63) is 61.2 Å². The Morgan fingerprint density at radius 3 is 2.47 bits per heavy atom. The van der Waals surface area contributed by atoms with Crippen LogP contribution in [0.2, 0.25) is 0 Å². The first-order valence-corrected chi connectivity index (χ1v) is 5.71. The van der Waals surface area contributed by atoms with Crippen molar-refractivity contribution >= 4 is 5.84 Å². The van der Waals surface area contributed by atoms with E-state index < -0.39 is 0 Å². The largest absolute Gasteiger partial charge is 0.332 e. The summed E-state index contributed by atoms with van der Waals surface area (Å²) in [4.78, 5) is 2.20. The van der Waals surface area contributed by atoms with Crippen LogP contribution in [0.15, 0.2) is 60.7 Å². The van der Waals surface area contributed by atoms with E-state index in [0.717, 1.165) is 31.2 Å². The lowest BCUT2D eigenvalue weighted by molar-refractivity contribution is 0.266. The van der Waals surface area contributed by atoms with Gasteiger partial charge in [0.15, 0.2) is 5.84 Å². The Hall–Kier alpha value is -2.03. The van der Waals surface area contributed by atoms with Crippen molar-refractivity contribution in [3.63, 3.8) is 0 Å². The van der Waals surface area contributed by atoms with Gasteiger partial charge in [-0.05, 0) is 0 Å². The Labute approximate surface area is 102 Å². The van der Waals surface area contributed by atoms with Crippen molar-refractivity contribution in [2.75, 3.05) is 19.8 Å². The van der Waals surface area contributed by atoms with Gasteiger partial charge in [0, 0.05) is 12.1 Å². The smallest absolute Gasteiger partial charge is 0.157 e. The van der Waals surface area contributed by atoms with Crippen LogP contribution in [-0.2, 0) is 0 Å². The first kappa shape index (κ1) is 11.5. The van der Waals surface area contributed by atoms with Gasteiger partial charge in [0.25, 0.3) is 0 Å². The molecule has 1 aromatic carbocycles. The lowest BCUT2D eigenvalue weighted by Gasteiger charge is -2.19. The summed E-state index contributed by atoms with van der Waals surface area (Å²) in [5, 5.41) is 6.60. The zero-order chi connectivity index (χ0) is 12.1. The van der Waals surface area contributed by atoms with Crippen LogP contribution in [0.25, 0.3) is 0 Å². The van der Waals surface area contributed by atoms with E-state index >= 15 is 0 Å². The number of hydrazone groups is 1. The maximum absolute atomic E-state index is 4.60. The van der Waals surface area contributed by atoms with Crippen molar-refractivity contribution < 1.29 is 0 Å². The molecule has 1 aliphatic heterocycles. The molecule has 1 aromatic rings. The number of hydrogen-bond donors (Lipinski definition) is 0. The van der Waals surface area contributed by atoms with Crippen LogP contribution >= 0.6 is 0 Å². The zero-order valence-corrected chi connectivity index (χ0v) is 9.92. The van der Waals surface area contributed by atoms with Crippen LogP contribution in [0.1, 0.15) is 5.56 Å². The Morgan fingerprint density at radius 2 is 1.82 bits per heavy atom. The van der Waals surface area contributed by atoms with Gasteiger partial charge in [-0.2, -0.15) is 5.10 Å². The molecule has 0 radical (unpaired) electrons. The van der Waals surface area contributed by atoms with Crippen LogP contribution in [0.4, 0.5) is 0 Å². The highest BCUT2D eigenvalue weighted by Crippen LogP contribution is 2.14. The second kappa shape index (κ2) is 5.34. The van der Waals surface area contributed by atoms with Gasteiger partial charge in [-0.25, -0.2) is 0 Å². The molecule has 88 valence electrons. The van der Waals surface area contributed by atoms with E-state index in [1.807, 2.05) is 35.4 Å². The second-order valence-electron chi connectivity index (χ2n) is 3.92. The zero-order valence-electron chi connectivity index (χ0n) is 9.92. The van der Waals surface area contributed by atoms with Crippen LogP contribution in [0.3, 0.4) is 0 Å². The minimum absolute atomic E-state index is 0.768. The number of amidine groups is 1. The summed E-state index contributed by atoms with van der Waals surface area (Å²) in [6, 6.07) is 10.2. The van der Waals surface area contributed by atoms with Crippen LogP contribution in [0.5, 0.6) is 0 Å². The molecular weight excluding hydrogens is 210 g/mol. The molecule has 0 saturated carbocycles. The van der Waals surface area contributed by atoms with Crippen molar-refractivity contribution in [3.8, 4) is 0 Å². The molecule has 17 heavy (non-hydrogen) atoms. The third-order valence-corrected chi connectivity index (χ3v) is 2.59.